The van der Waals surface area contributed by atoms with E-state index in [2.05, 4.69) is 27.8 Å². The molecule has 1 nitrogen and oxygen atoms in total. The third-order valence-electron chi connectivity index (χ3n) is 7.15. The van der Waals surface area contributed by atoms with Gasteiger partial charge in [0.05, 0.1) is 26.7 Å². The summed E-state index contributed by atoms with van der Waals surface area (Å²) in [5.74, 6) is 0. The second kappa shape index (κ2) is 23.6. The minimum Gasteiger partial charge on any atom is -0.326 e. The van der Waals surface area contributed by atoms with Gasteiger partial charge in [-0.2, -0.15) is 0 Å². The first kappa shape index (κ1) is 30.0. The van der Waals surface area contributed by atoms with Crippen LogP contribution in [0.25, 0.3) is 0 Å². The number of quaternary nitrogens is 1. The van der Waals surface area contributed by atoms with Crippen LogP contribution in [0.3, 0.4) is 0 Å². The van der Waals surface area contributed by atoms with Crippen LogP contribution in [0.1, 0.15) is 162 Å². The van der Waals surface area contributed by atoms with E-state index < -0.39 is 0 Å². The zero-order chi connectivity index (χ0) is 22.2. The summed E-state index contributed by atoms with van der Waals surface area (Å²) in [5, 5.41) is 0. The monoisotopic (exact) mass is 424 g/mol. The second-order valence-electron chi connectivity index (χ2n) is 10.5. The Balaban J connectivity index is 4.02. The van der Waals surface area contributed by atoms with E-state index in [1.54, 1.807) is 0 Å². The highest BCUT2D eigenvalue weighted by atomic mass is 15.3. The number of hydrogen-bond donors (Lipinski definition) is 0. The van der Waals surface area contributed by atoms with Crippen LogP contribution in [0.5, 0.6) is 0 Å². The van der Waals surface area contributed by atoms with Gasteiger partial charge in [0.2, 0.25) is 0 Å². The Morgan fingerprint density at radius 2 is 0.500 bits per heavy atom. The molecule has 0 aromatic heterocycles. The Hall–Kier alpha value is -0.0400. The van der Waals surface area contributed by atoms with Crippen LogP contribution >= 0.6 is 0 Å². The minimum atomic E-state index is 1.36. The average Bonchev–Trinajstić information content (AvgIpc) is 2.74. The molecule has 0 saturated carbocycles. The minimum absolute atomic E-state index is 1.36. The molecule has 0 bridgehead atoms. The highest BCUT2D eigenvalue weighted by Gasteiger charge is 2.20. The van der Waals surface area contributed by atoms with Gasteiger partial charge in [-0.3, -0.25) is 0 Å². The molecular formula is C29H62N+. The maximum Gasteiger partial charge on any atom is 0.0784 e. The summed E-state index contributed by atoms with van der Waals surface area (Å²) in [5.41, 5.74) is 0. The molecule has 0 aliphatic heterocycles. The summed E-state index contributed by atoms with van der Waals surface area (Å²) >= 11 is 0. The number of nitrogens with zero attached hydrogens (tertiary/aromatic N) is 1. The molecule has 0 aromatic carbocycles. The SMILES string of the molecule is CCCCCCCCCC[N+](C)(CCCCCCCC)CCCCCCCCCC. The molecule has 0 aliphatic carbocycles. The molecule has 0 rings (SSSR count). The van der Waals surface area contributed by atoms with E-state index in [4.69, 9.17) is 0 Å². The van der Waals surface area contributed by atoms with Crippen molar-refractivity contribution in [1.82, 2.24) is 0 Å². The number of hydrogen-bond acceptors (Lipinski definition) is 0. The molecule has 0 aromatic rings. The summed E-state index contributed by atoms with van der Waals surface area (Å²) in [6, 6.07) is 0. The normalized spacial score (nSPS) is 12.0. The van der Waals surface area contributed by atoms with Crippen LogP contribution in [0.4, 0.5) is 0 Å². The van der Waals surface area contributed by atoms with Crippen LogP contribution in [-0.2, 0) is 0 Å². The Morgan fingerprint density at radius 1 is 0.300 bits per heavy atom. The van der Waals surface area contributed by atoms with Crippen molar-refractivity contribution < 1.29 is 4.48 Å². The standard InChI is InChI=1S/C29H62N/c1-5-8-11-14-17-19-22-25-28-30(4,27-24-21-16-13-10-7-3)29-26-23-20-18-15-12-9-6-2/h5-29H2,1-4H3/q+1. The van der Waals surface area contributed by atoms with Crippen molar-refractivity contribution in [3.63, 3.8) is 0 Å². The van der Waals surface area contributed by atoms with Gasteiger partial charge in [-0.1, -0.05) is 124 Å². The van der Waals surface area contributed by atoms with Crippen LogP contribution in [-0.4, -0.2) is 31.2 Å². The molecule has 0 aliphatic rings. The van der Waals surface area contributed by atoms with Crippen molar-refractivity contribution >= 4 is 0 Å². The third-order valence-corrected chi connectivity index (χ3v) is 7.15. The third kappa shape index (κ3) is 21.2. The van der Waals surface area contributed by atoms with Crippen molar-refractivity contribution in [2.75, 3.05) is 26.7 Å². The fraction of sp³-hybridized carbons (Fsp3) is 1.00. The molecule has 182 valence electrons. The van der Waals surface area contributed by atoms with Gasteiger partial charge < -0.3 is 4.48 Å². The molecule has 0 N–H and O–H groups in total. The maximum absolute atomic E-state index is 2.58. The van der Waals surface area contributed by atoms with Crippen LogP contribution in [0.2, 0.25) is 0 Å². The smallest absolute Gasteiger partial charge is 0.0784 e. The predicted molar refractivity (Wildman–Crippen MR) is 139 cm³/mol. The second-order valence-corrected chi connectivity index (χ2v) is 10.5. The molecular weight excluding hydrogens is 362 g/mol. The van der Waals surface area contributed by atoms with Crippen molar-refractivity contribution in [3.05, 3.63) is 0 Å². The van der Waals surface area contributed by atoms with Crippen LogP contribution < -0.4 is 0 Å². The summed E-state index contributed by atoms with van der Waals surface area (Å²) in [7, 11) is 2.58. The highest BCUT2D eigenvalue weighted by Crippen LogP contribution is 2.17. The Kier molecular flexibility index (Phi) is 23.6. The fourth-order valence-electron chi connectivity index (χ4n) is 4.86. The topological polar surface area (TPSA) is 0 Å². The Bertz CT molecular complexity index is 291. The van der Waals surface area contributed by atoms with Gasteiger partial charge in [0.1, 0.15) is 0 Å². The van der Waals surface area contributed by atoms with Crippen LogP contribution in [0.15, 0.2) is 0 Å². The van der Waals surface area contributed by atoms with E-state index in [0.29, 0.717) is 0 Å². The first-order valence-corrected chi connectivity index (χ1v) is 14.5. The molecule has 0 atom stereocenters. The van der Waals surface area contributed by atoms with Gasteiger partial charge in [0.25, 0.3) is 0 Å². The molecule has 0 fully saturated rings. The van der Waals surface area contributed by atoms with E-state index in [1.807, 2.05) is 0 Å². The van der Waals surface area contributed by atoms with Crippen molar-refractivity contribution in [2.24, 2.45) is 0 Å². The van der Waals surface area contributed by atoms with E-state index in [0.717, 1.165) is 0 Å². The average molecular weight is 425 g/mol. The van der Waals surface area contributed by atoms with Crippen LogP contribution in [0, 0.1) is 0 Å². The number of unbranched alkanes of at least 4 members (excludes halogenated alkanes) is 19. The molecule has 0 heterocycles. The van der Waals surface area contributed by atoms with Gasteiger partial charge in [-0.05, 0) is 38.5 Å². The highest BCUT2D eigenvalue weighted by molar-refractivity contribution is 4.52. The van der Waals surface area contributed by atoms with Gasteiger partial charge in [-0.15, -0.1) is 0 Å². The first-order valence-electron chi connectivity index (χ1n) is 14.5. The largest absolute Gasteiger partial charge is 0.326 e. The summed E-state index contributed by atoms with van der Waals surface area (Å²) in [6.45, 7) is 11.2. The molecule has 0 unspecified atom stereocenters. The van der Waals surface area contributed by atoms with E-state index >= 15 is 0 Å². The van der Waals surface area contributed by atoms with Crippen molar-refractivity contribution in [1.29, 1.82) is 0 Å². The van der Waals surface area contributed by atoms with Gasteiger partial charge in [0, 0.05) is 0 Å². The van der Waals surface area contributed by atoms with Gasteiger partial charge in [0.15, 0.2) is 0 Å². The number of rotatable bonds is 25. The Labute approximate surface area is 193 Å². The van der Waals surface area contributed by atoms with Crippen molar-refractivity contribution in [3.8, 4) is 0 Å². The lowest BCUT2D eigenvalue weighted by Crippen LogP contribution is -2.46. The molecule has 1 heteroatoms. The van der Waals surface area contributed by atoms with E-state index in [1.165, 1.54) is 165 Å². The molecule has 0 saturated heterocycles. The maximum atomic E-state index is 2.58. The lowest BCUT2D eigenvalue weighted by molar-refractivity contribution is -0.910. The summed E-state index contributed by atoms with van der Waals surface area (Å²) < 4.78 is 1.36. The molecule has 0 spiro atoms. The summed E-state index contributed by atoms with van der Waals surface area (Å²) in [4.78, 5) is 0. The molecule has 30 heavy (non-hydrogen) atoms. The van der Waals surface area contributed by atoms with Gasteiger partial charge >= 0.3 is 0 Å². The van der Waals surface area contributed by atoms with E-state index in [9.17, 15) is 0 Å². The predicted octanol–water partition coefficient (Wildman–Crippen LogP) is 10.1. The zero-order valence-electron chi connectivity index (χ0n) is 22.1. The van der Waals surface area contributed by atoms with Gasteiger partial charge in [-0.25, -0.2) is 0 Å². The molecule has 0 radical (unpaired) electrons. The lowest BCUT2D eigenvalue weighted by atomic mass is 10.1. The lowest BCUT2D eigenvalue weighted by Gasteiger charge is -2.35. The first-order chi connectivity index (χ1) is 14.7. The fourth-order valence-corrected chi connectivity index (χ4v) is 4.86. The quantitative estimate of drug-likeness (QED) is 0.101. The van der Waals surface area contributed by atoms with E-state index in [-0.39, 0.29) is 0 Å². The summed E-state index contributed by atoms with van der Waals surface area (Å²) in [6.07, 6.45) is 31.8. The zero-order valence-corrected chi connectivity index (χ0v) is 22.1. The van der Waals surface area contributed by atoms with Crippen molar-refractivity contribution in [2.45, 2.75) is 162 Å². The molecule has 0 amide bonds. The Morgan fingerprint density at radius 3 is 0.733 bits per heavy atom.